The summed E-state index contributed by atoms with van der Waals surface area (Å²) in [4.78, 5) is 23.6. The number of phenols is 1. The lowest BCUT2D eigenvalue weighted by Crippen LogP contribution is -2.08. The molecule has 0 aliphatic carbocycles. The summed E-state index contributed by atoms with van der Waals surface area (Å²) in [5.74, 6) is -1.93. The number of nitrogens with one attached hydrogen (secondary N) is 2. The zero-order valence-electron chi connectivity index (χ0n) is 27.0. The molecule has 0 bridgehead atoms. The van der Waals surface area contributed by atoms with Crippen molar-refractivity contribution in [3.8, 4) is 5.75 Å². The van der Waals surface area contributed by atoms with Crippen molar-refractivity contribution in [3.05, 3.63) is 119 Å². The lowest BCUT2D eigenvalue weighted by atomic mass is 10.1. The molecule has 268 valence electrons. The van der Waals surface area contributed by atoms with Gasteiger partial charge in [-0.25, -0.2) is 18.2 Å². The van der Waals surface area contributed by atoms with E-state index < -0.39 is 36.6 Å². The molecule has 0 unspecified atom stereocenters. The molecule has 0 radical (unpaired) electrons. The highest BCUT2D eigenvalue weighted by Gasteiger charge is 2.20. The zero-order chi connectivity index (χ0) is 37.5. The Morgan fingerprint density at radius 1 is 0.865 bits per heavy atom. The first kappa shape index (κ1) is 37.4. The topological polar surface area (TPSA) is 246 Å². The van der Waals surface area contributed by atoms with Gasteiger partial charge in [-0.1, -0.05) is 61.5 Å². The van der Waals surface area contributed by atoms with Gasteiger partial charge < -0.3 is 15.5 Å². The Hall–Kier alpha value is -5.82. The van der Waals surface area contributed by atoms with Gasteiger partial charge in [0.1, 0.15) is 17.2 Å². The minimum atomic E-state index is -4.84. The Kier molecular flexibility index (Phi) is 11.5. The standard InChI is InChI=1S/C33H29ClN8O8S2/c1-2-16-51(46,47)22-14-12-20(13-15-22)17-28-36-32(34)38-33(37-28)35-26-18-23(52(48,49)50)19-27(29(26)43)40-42-30(21-8-4-3-5-9-21)41-39-25-11-7-6-10-24(25)31(44)45/h3-15,18-19,40,43H,2,16-17H2,1H3,(H,44,45)(H,48,49,50)(H,35,36,37,38). The van der Waals surface area contributed by atoms with Gasteiger partial charge >= 0.3 is 5.97 Å². The molecule has 1 aromatic heterocycles. The number of benzene rings is 4. The van der Waals surface area contributed by atoms with Crippen molar-refractivity contribution < 1.29 is 36.4 Å². The van der Waals surface area contributed by atoms with Crippen molar-refractivity contribution in [2.75, 3.05) is 16.5 Å². The van der Waals surface area contributed by atoms with E-state index in [2.05, 4.69) is 41.0 Å². The minimum Gasteiger partial charge on any atom is -0.504 e. The Balaban J connectivity index is 1.47. The maximum absolute atomic E-state index is 12.4. The van der Waals surface area contributed by atoms with Gasteiger partial charge in [0.25, 0.3) is 10.1 Å². The Labute approximate surface area is 302 Å². The molecule has 5 N–H and O–H groups in total. The number of aromatic carboxylic acids is 1. The molecule has 0 fully saturated rings. The number of sulfone groups is 1. The van der Waals surface area contributed by atoms with Gasteiger partial charge in [0.2, 0.25) is 17.1 Å². The molecule has 19 heteroatoms. The van der Waals surface area contributed by atoms with Gasteiger partial charge in [-0.15, -0.1) is 10.2 Å². The highest BCUT2D eigenvalue weighted by atomic mass is 35.5. The number of phenolic OH excluding ortho intramolecular Hbond substituents is 1. The number of hydrogen-bond donors (Lipinski definition) is 5. The predicted octanol–water partition coefficient (Wildman–Crippen LogP) is 6.25. The molecule has 5 aromatic rings. The number of carboxylic acid groups (broad SMARTS) is 1. The predicted molar refractivity (Wildman–Crippen MR) is 192 cm³/mol. The van der Waals surface area contributed by atoms with E-state index in [9.17, 15) is 36.4 Å². The first-order chi connectivity index (χ1) is 24.7. The fraction of sp³-hybridized carbons (Fsp3) is 0.121. The second kappa shape index (κ2) is 16.0. The summed E-state index contributed by atoms with van der Waals surface area (Å²) >= 11 is 6.16. The molecular formula is C33H29ClN8O8S2. The molecular weight excluding hydrogens is 736 g/mol. The van der Waals surface area contributed by atoms with Gasteiger partial charge in [0.15, 0.2) is 15.6 Å². The monoisotopic (exact) mass is 764 g/mol. The molecule has 16 nitrogen and oxygen atoms in total. The summed E-state index contributed by atoms with van der Waals surface area (Å²) in [6, 6.07) is 22.3. The lowest BCUT2D eigenvalue weighted by Gasteiger charge is -2.13. The minimum absolute atomic E-state index is 0.0165. The summed E-state index contributed by atoms with van der Waals surface area (Å²) in [6.45, 7) is 1.77. The number of carbonyl (C=O) groups is 1. The van der Waals surface area contributed by atoms with Crippen LogP contribution in [0.5, 0.6) is 5.75 Å². The van der Waals surface area contributed by atoms with Crippen molar-refractivity contribution in [2.24, 2.45) is 15.3 Å². The zero-order valence-corrected chi connectivity index (χ0v) is 29.4. The third-order valence-electron chi connectivity index (χ3n) is 7.10. The number of aromatic hydroxyl groups is 1. The number of rotatable bonds is 13. The second-order valence-electron chi connectivity index (χ2n) is 10.9. The van der Waals surface area contributed by atoms with Gasteiger partial charge in [-0.05, 0) is 60.0 Å². The molecule has 0 aliphatic rings. The lowest BCUT2D eigenvalue weighted by molar-refractivity contribution is 0.0697. The van der Waals surface area contributed by atoms with E-state index >= 15 is 0 Å². The number of amidine groups is 1. The van der Waals surface area contributed by atoms with E-state index in [-0.39, 0.29) is 62.6 Å². The summed E-state index contributed by atoms with van der Waals surface area (Å²) in [6.07, 6.45) is 0.584. The van der Waals surface area contributed by atoms with E-state index in [1.807, 2.05) is 0 Å². The normalized spacial score (nSPS) is 12.2. The molecule has 0 amide bonds. The average Bonchev–Trinajstić information content (AvgIpc) is 3.09. The van der Waals surface area contributed by atoms with Crippen molar-refractivity contribution in [2.45, 2.75) is 29.6 Å². The quantitative estimate of drug-likeness (QED) is 0.0222. The van der Waals surface area contributed by atoms with Crippen LogP contribution < -0.4 is 10.7 Å². The fourth-order valence-corrected chi connectivity index (χ4v) is 6.69. The van der Waals surface area contributed by atoms with E-state index in [1.54, 1.807) is 55.5 Å². The molecule has 0 spiro atoms. The average molecular weight is 765 g/mol. The van der Waals surface area contributed by atoms with Crippen LogP contribution in [-0.4, -0.2) is 64.1 Å². The third-order valence-corrected chi connectivity index (χ3v) is 10.0. The van der Waals surface area contributed by atoms with E-state index in [0.29, 0.717) is 17.5 Å². The SMILES string of the molecule is CCCS(=O)(=O)c1ccc(Cc2nc(Cl)nc(Nc3cc(S(=O)(=O)O)cc(NN=C(N=Nc4ccccc4C(=O)O)c4ccccc4)c3O)n2)cc1. The maximum atomic E-state index is 12.4. The Morgan fingerprint density at radius 3 is 2.21 bits per heavy atom. The highest BCUT2D eigenvalue weighted by Crippen LogP contribution is 2.37. The number of nitrogens with zero attached hydrogens (tertiary/aromatic N) is 6. The van der Waals surface area contributed by atoms with Crippen LogP contribution in [0.2, 0.25) is 5.28 Å². The molecule has 4 aromatic carbocycles. The van der Waals surface area contributed by atoms with Crippen LogP contribution in [0.15, 0.2) is 116 Å². The Morgan fingerprint density at radius 2 is 1.54 bits per heavy atom. The van der Waals surface area contributed by atoms with Crippen LogP contribution in [-0.2, 0) is 26.4 Å². The van der Waals surface area contributed by atoms with Crippen LogP contribution in [0.25, 0.3) is 0 Å². The second-order valence-corrected chi connectivity index (χ2v) is 14.8. The van der Waals surface area contributed by atoms with Gasteiger partial charge in [0.05, 0.1) is 26.8 Å². The number of aromatic nitrogens is 3. The van der Waals surface area contributed by atoms with Crippen molar-refractivity contribution in [1.29, 1.82) is 0 Å². The molecule has 5 rings (SSSR count). The van der Waals surface area contributed by atoms with Crippen molar-refractivity contribution >= 4 is 66.4 Å². The van der Waals surface area contributed by atoms with E-state index in [0.717, 1.165) is 12.1 Å². The number of carboxylic acids is 1. The van der Waals surface area contributed by atoms with Crippen LogP contribution in [0.3, 0.4) is 0 Å². The van der Waals surface area contributed by atoms with Crippen molar-refractivity contribution in [3.63, 3.8) is 0 Å². The largest absolute Gasteiger partial charge is 0.504 e. The number of anilines is 3. The number of azo groups is 1. The molecule has 0 saturated carbocycles. The molecule has 0 saturated heterocycles. The summed E-state index contributed by atoms with van der Waals surface area (Å²) < 4.78 is 59.2. The first-order valence-corrected chi connectivity index (χ1v) is 18.7. The fourth-order valence-electron chi connectivity index (χ4n) is 4.66. The highest BCUT2D eigenvalue weighted by molar-refractivity contribution is 7.91. The summed E-state index contributed by atoms with van der Waals surface area (Å²) in [5.41, 5.74) is 2.93. The maximum Gasteiger partial charge on any atom is 0.337 e. The van der Waals surface area contributed by atoms with Gasteiger partial charge in [-0.2, -0.15) is 23.5 Å². The molecule has 0 aliphatic heterocycles. The number of hydrogen-bond acceptors (Lipinski definition) is 13. The van der Waals surface area contributed by atoms with E-state index in [1.165, 1.54) is 30.3 Å². The van der Waals surface area contributed by atoms with Crippen LogP contribution in [0.4, 0.5) is 23.0 Å². The number of halogens is 1. The van der Waals surface area contributed by atoms with Gasteiger partial charge in [0, 0.05) is 12.0 Å². The summed E-state index contributed by atoms with van der Waals surface area (Å²) in [7, 11) is -8.25. The Bertz CT molecular complexity index is 2400. The van der Waals surface area contributed by atoms with Crippen molar-refractivity contribution in [1.82, 2.24) is 15.0 Å². The van der Waals surface area contributed by atoms with Gasteiger partial charge in [-0.3, -0.25) is 9.98 Å². The van der Waals surface area contributed by atoms with Crippen LogP contribution >= 0.6 is 11.6 Å². The van der Waals surface area contributed by atoms with Crippen LogP contribution in [0, 0.1) is 0 Å². The first-order valence-electron chi connectivity index (χ1n) is 15.2. The molecule has 52 heavy (non-hydrogen) atoms. The number of hydrazone groups is 1. The smallest absolute Gasteiger partial charge is 0.337 e. The molecule has 1 heterocycles. The summed E-state index contributed by atoms with van der Waals surface area (Å²) in [5, 5.41) is 35.5. The molecule has 0 atom stereocenters. The van der Waals surface area contributed by atoms with Crippen LogP contribution in [0.1, 0.15) is 40.7 Å². The van der Waals surface area contributed by atoms with E-state index in [4.69, 9.17) is 11.6 Å². The third kappa shape index (κ3) is 9.49.